The van der Waals surface area contributed by atoms with Gasteiger partial charge in [-0.3, -0.25) is 0 Å². The SMILES string of the molecule is C=C(C)C(=O)OCCC[Si](O[Si](C)(C)CCCOCC(F)(F)C(F)(F)C(F)(F)C(F)F)(O[Si](C)(C)CCCOCC(F)(F)C(F)(F)C(F)(F)C(F)F)O[Si](C)(C)CCCOCC(F)(F)C(F)(F)C(F)(F)C(F)F. The van der Waals surface area contributed by atoms with Gasteiger partial charge >= 0.3 is 87.4 Å². The van der Waals surface area contributed by atoms with Crippen LogP contribution < -0.4 is 0 Å². The van der Waals surface area contributed by atoms with Gasteiger partial charge in [0.25, 0.3) is 0 Å². The Morgan fingerprint density at radius 2 is 0.658 bits per heavy atom. The molecule has 0 atom stereocenters. The molecule has 0 unspecified atom stereocenters. The van der Waals surface area contributed by atoms with Crippen molar-refractivity contribution in [3.8, 4) is 0 Å². The van der Waals surface area contributed by atoms with Crippen molar-refractivity contribution in [1.82, 2.24) is 0 Å². The third-order valence-electron chi connectivity index (χ3n) is 10.0. The average molecular weight is 1200 g/mol. The molecule has 0 fully saturated rings. The Hall–Kier alpha value is -1.84. The lowest BCUT2D eigenvalue weighted by Crippen LogP contribution is -2.62. The van der Waals surface area contributed by atoms with E-state index in [9.17, 15) is 110 Å². The molecule has 0 bridgehead atoms. The molecule has 0 saturated heterocycles. The first-order valence-electron chi connectivity index (χ1n) is 21.3. The van der Waals surface area contributed by atoms with Gasteiger partial charge in [0.15, 0.2) is 25.0 Å². The normalized spacial score (nSPS) is 15.0. The zero-order chi connectivity index (χ0) is 57.9. The zero-order valence-corrected chi connectivity index (χ0v) is 43.9. The molecule has 0 aliphatic rings. The number of rotatable bonds is 38. The zero-order valence-electron chi connectivity index (χ0n) is 39.9. The first-order valence-corrected chi connectivity index (χ1v) is 32.6. The van der Waals surface area contributed by atoms with Crippen LogP contribution in [0.2, 0.25) is 63.5 Å². The molecular formula is C37H56F24O8Si4. The van der Waals surface area contributed by atoms with Crippen molar-refractivity contribution in [3.63, 3.8) is 0 Å². The van der Waals surface area contributed by atoms with Crippen LogP contribution in [-0.4, -0.2) is 159 Å². The minimum Gasteiger partial charge on any atom is -0.462 e. The van der Waals surface area contributed by atoms with Crippen LogP contribution in [0.4, 0.5) is 105 Å². The summed E-state index contributed by atoms with van der Waals surface area (Å²) >= 11 is 0. The first kappa shape index (κ1) is 71.2. The lowest BCUT2D eigenvalue weighted by molar-refractivity contribution is -0.345. The van der Waals surface area contributed by atoms with E-state index >= 15 is 0 Å². The van der Waals surface area contributed by atoms with E-state index < -0.39 is 178 Å². The molecule has 73 heavy (non-hydrogen) atoms. The van der Waals surface area contributed by atoms with Gasteiger partial charge in [0.1, 0.15) is 19.8 Å². The molecule has 0 saturated carbocycles. The van der Waals surface area contributed by atoms with E-state index in [1.807, 2.05) is 0 Å². The summed E-state index contributed by atoms with van der Waals surface area (Å²) in [5.74, 6) is -57.6. The fourth-order valence-electron chi connectivity index (χ4n) is 6.02. The van der Waals surface area contributed by atoms with Gasteiger partial charge in [-0.15, -0.1) is 0 Å². The Bertz CT molecular complexity index is 1560. The third-order valence-corrected chi connectivity index (χ3v) is 26.0. The molecule has 0 aromatic rings. The largest absolute Gasteiger partial charge is 0.469 e. The van der Waals surface area contributed by atoms with Crippen molar-refractivity contribution in [3.05, 3.63) is 12.2 Å². The molecule has 0 aliphatic heterocycles. The van der Waals surface area contributed by atoms with Gasteiger partial charge in [0.05, 0.1) is 6.61 Å². The van der Waals surface area contributed by atoms with Gasteiger partial charge in [-0.25, -0.2) is 31.1 Å². The van der Waals surface area contributed by atoms with Crippen molar-refractivity contribution in [2.45, 2.75) is 169 Å². The number of ether oxygens (including phenoxy) is 4. The molecule has 0 aliphatic carbocycles. The highest BCUT2D eigenvalue weighted by atomic mass is 28.5. The van der Waals surface area contributed by atoms with Gasteiger partial charge in [0.2, 0.25) is 0 Å². The van der Waals surface area contributed by atoms with E-state index in [1.54, 1.807) is 0 Å². The molecule has 36 heteroatoms. The summed E-state index contributed by atoms with van der Waals surface area (Å²) in [5, 5.41) is 0. The quantitative estimate of drug-likeness (QED) is 0.0199. The Morgan fingerprint density at radius 1 is 0.425 bits per heavy atom. The van der Waals surface area contributed by atoms with Gasteiger partial charge in [0, 0.05) is 31.4 Å². The maximum atomic E-state index is 14.1. The van der Waals surface area contributed by atoms with Gasteiger partial charge in [-0.05, 0) is 90.0 Å². The molecule has 0 radical (unpaired) electrons. The van der Waals surface area contributed by atoms with E-state index in [2.05, 4.69) is 20.8 Å². The summed E-state index contributed by atoms with van der Waals surface area (Å²) in [6.07, 6.45) is -17.1. The van der Waals surface area contributed by atoms with Crippen LogP contribution in [-0.2, 0) is 36.1 Å². The molecule has 0 N–H and O–H groups in total. The van der Waals surface area contributed by atoms with Crippen LogP contribution in [0.15, 0.2) is 12.2 Å². The van der Waals surface area contributed by atoms with Crippen molar-refractivity contribution < 1.29 is 141 Å². The van der Waals surface area contributed by atoms with E-state index in [-0.39, 0.29) is 36.2 Å². The van der Waals surface area contributed by atoms with E-state index in [0.29, 0.717) is 0 Å². The number of halogens is 24. The standard InChI is InChI=1S/C37H56F24O8Si4/c1-24(2)25(62)66-16-12-20-73(67-70(3,4)17-9-13-63-21-29(44,45)35(56,57)32(50,51)26(38)39,68-71(5,6)18-10-14-64-22-30(46,47)36(58,59)33(52,53)27(40)41)69-72(7,8)19-11-15-65-23-31(48,49)37(60,61)34(54,55)28(42)43/h26-28H,1,9-23H2,2-8H3. The summed E-state index contributed by atoms with van der Waals surface area (Å²) in [5.41, 5.74) is -0.0767. The summed E-state index contributed by atoms with van der Waals surface area (Å²) in [6, 6.07) is -1.09. The second-order valence-corrected chi connectivity index (χ2v) is 34.7. The van der Waals surface area contributed by atoms with Crippen LogP contribution in [0.3, 0.4) is 0 Å². The van der Waals surface area contributed by atoms with Crippen LogP contribution in [0, 0.1) is 0 Å². The number of hydrogen-bond acceptors (Lipinski definition) is 8. The first-order chi connectivity index (χ1) is 32.4. The molecule has 0 heterocycles. The number of carbonyl (C=O) groups is 1. The Labute approximate surface area is 407 Å². The molecule has 0 amide bonds. The molecule has 436 valence electrons. The highest BCUT2D eigenvalue weighted by Crippen LogP contribution is 2.51. The van der Waals surface area contributed by atoms with Crippen molar-refractivity contribution in [2.75, 3.05) is 46.2 Å². The topological polar surface area (TPSA) is 81.7 Å². The minimum absolute atomic E-state index is 0.0767. The van der Waals surface area contributed by atoms with E-state index in [0.717, 1.165) is 0 Å². The van der Waals surface area contributed by atoms with Crippen LogP contribution in [0.1, 0.15) is 32.6 Å². The van der Waals surface area contributed by atoms with Gasteiger partial charge < -0.3 is 31.3 Å². The average Bonchev–Trinajstić information content (AvgIpc) is 3.20. The van der Waals surface area contributed by atoms with Gasteiger partial charge in [-0.2, -0.15) is 79.0 Å². The van der Waals surface area contributed by atoms with E-state index in [1.165, 1.54) is 46.2 Å². The second-order valence-electron chi connectivity index (χ2n) is 18.4. The highest BCUT2D eigenvalue weighted by molar-refractivity contribution is 6.90. The summed E-state index contributed by atoms with van der Waals surface area (Å²) in [4.78, 5) is 12.2. The monoisotopic (exact) mass is 1200 g/mol. The van der Waals surface area contributed by atoms with Crippen LogP contribution in [0.5, 0.6) is 0 Å². The molecule has 8 nitrogen and oxygen atoms in total. The number of esters is 1. The predicted octanol–water partition coefficient (Wildman–Crippen LogP) is 13.8. The summed E-state index contributed by atoms with van der Waals surface area (Å²) in [6.45, 7) is 2.55. The smallest absolute Gasteiger partial charge is 0.462 e. The molecule has 0 aromatic heterocycles. The summed E-state index contributed by atoms with van der Waals surface area (Å²) < 4.78 is 361. The predicted molar refractivity (Wildman–Crippen MR) is 220 cm³/mol. The third kappa shape index (κ3) is 19.2. The van der Waals surface area contributed by atoms with E-state index in [4.69, 9.17) is 17.1 Å². The number of carbonyl (C=O) groups excluding carboxylic acids is 1. The fraction of sp³-hybridized carbons (Fsp3) is 0.919. The Balaban J connectivity index is 6.80. The second kappa shape index (κ2) is 26.2. The van der Waals surface area contributed by atoms with Crippen LogP contribution >= 0.6 is 0 Å². The minimum atomic E-state index is -6.59. The van der Waals surface area contributed by atoms with Crippen LogP contribution in [0.25, 0.3) is 0 Å². The lowest BCUT2D eigenvalue weighted by Gasteiger charge is -2.45. The maximum Gasteiger partial charge on any atom is 0.469 e. The number of hydrogen-bond donors (Lipinski definition) is 0. The van der Waals surface area contributed by atoms with Crippen molar-refractivity contribution in [1.29, 1.82) is 0 Å². The molecule has 0 aromatic carbocycles. The number of alkyl halides is 24. The Kier molecular flexibility index (Phi) is 25.5. The lowest BCUT2D eigenvalue weighted by atomic mass is 10.1. The molecule has 0 rings (SSSR count). The Morgan fingerprint density at radius 3 is 0.877 bits per heavy atom. The fourth-order valence-corrected chi connectivity index (χ4v) is 23.8. The highest BCUT2D eigenvalue weighted by Gasteiger charge is 2.77. The molecule has 0 spiro atoms. The van der Waals surface area contributed by atoms with Crippen molar-refractivity contribution >= 4 is 39.7 Å². The summed E-state index contributed by atoms with van der Waals surface area (Å²) in [7, 11) is -15.1. The van der Waals surface area contributed by atoms with Gasteiger partial charge in [-0.1, -0.05) is 6.58 Å². The van der Waals surface area contributed by atoms with Crippen molar-refractivity contribution in [2.24, 2.45) is 0 Å². The molecular weight excluding hydrogens is 1140 g/mol. The maximum absolute atomic E-state index is 14.1.